The summed E-state index contributed by atoms with van der Waals surface area (Å²) in [6.07, 6.45) is 2.34. The van der Waals surface area contributed by atoms with Gasteiger partial charge in [-0.2, -0.15) is 0 Å². The second-order valence-electron chi connectivity index (χ2n) is 5.77. The molecule has 0 bridgehead atoms. The topological polar surface area (TPSA) is 3.24 Å². The highest BCUT2D eigenvalue weighted by atomic mass is 19.3. The van der Waals surface area contributed by atoms with Crippen LogP contribution >= 0.6 is 0 Å². The van der Waals surface area contributed by atoms with Gasteiger partial charge >= 0.3 is 0 Å². The zero-order chi connectivity index (χ0) is 12.5. The van der Waals surface area contributed by atoms with Gasteiger partial charge in [0.25, 0.3) is 5.92 Å². The molecular weight excluding hydrogens is 220 g/mol. The van der Waals surface area contributed by atoms with Crippen LogP contribution in [0.25, 0.3) is 0 Å². The number of hydrogen-bond acceptors (Lipinski definition) is 1. The van der Waals surface area contributed by atoms with Gasteiger partial charge in [-0.05, 0) is 32.4 Å². The van der Waals surface area contributed by atoms with Crippen LogP contribution in [0.3, 0.4) is 0 Å². The van der Waals surface area contributed by atoms with Gasteiger partial charge in [0, 0.05) is 17.8 Å². The standard InChI is InChI=1S/C14H21F2N/c1-12(2)5-3-8-17-9-4-6-13(7-10-17)11-14(13,15)16/h12H,4,6-11H2,1-2H3. The second kappa shape index (κ2) is 4.57. The molecule has 1 atom stereocenters. The van der Waals surface area contributed by atoms with Gasteiger partial charge in [-0.25, -0.2) is 8.78 Å². The Labute approximate surface area is 103 Å². The fraction of sp³-hybridized carbons (Fsp3) is 0.857. The molecule has 3 heteroatoms. The minimum Gasteiger partial charge on any atom is -0.292 e. The number of likely N-dealkylation sites (tertiary alicyclic amines) is 1. The van der Waals surface area contributed by atoms with Gasteiger partial charge in [-0.1, -0.05) is 25.7 Å². The normalized spacial score (nSPS) is 32.1. The molecule has 1 unspecified atom stereocenters. The Balaban J connectivity index is 1.84. The quantitative estimate of drug-likeness (QED) is 0.637. The van der Waals surface area contributed by atoms with Crippen LogP contribution in [0.4, 0.5) is 8.78 Å². The maximum absolute atomic E-state index is 13.3. The summed E-state index contributed by atoms with van der Waals surface area (Å²) in [6, 6.07) is 0. The van der Waals surface area contributed by atoms with Crippen LogP contribution in [0.5, 0.6) is 0 Å². The second-order valence-corrected chi connectivity index (χ2v) is 5.77. The molecule has 96 valence electrons. The van der Waals surface area contributed by atoms with E-state index in [1.807, 2.05) is 0 Å². The Morgan fingerprint density at radius 2 is 1.94 bits per heavy atom. The van der Waals surface area contributed by atoms with E-state index >= 15 is 0 Å². The molecule has 1 heterocycles. The first-order valence-corrected chi connectivity index (χ1v) is 6.54. The Morgan fingerprint density at radius 1 is 1.24 bits per heavy atom. The van der Waals surface area contributed by atoms with E-state index in [4.69, 9.17) is 0 Å². The van der Waals surface area contributed by atoms with Crippen LogP contribution in [0, 0.1) is 23.2 Å². The summed E-state index contributed by atoms with van der Waals surface area (Å²) in [4.78, 5) is 2.22. The van der Waals surface area contributed by atoms with Gasteiger partial charge in [0.2, 0.25) is 0 Å². The fourth-order valence-electron chi connectivity index (χ4n) is 2.69. The number of nitrogens with zero attached hydrogens (tertiary/aromatic N) is 1. The average molecular weight is 241 g/mol. The maximum Gasteiger partial charge on any atom is 0.254 e. The molecule has 2 fully saturated rings. The first-order valence-electron chi connectivity index (χ1n) is 6.54. The Morgan fingerprint density at radius 3 is 2.53 bits per heavy atom. The van der Waals surface area contributed by atoms with Gasteiger partial charge in [-0.3, -0.25) is 4.90 Å². The van der Waals surface area contributed by atoms with Crippen LogP contribution in [0.15, 0.2) is 0 Å². The van der Waals surface area contributed by atoms with E-state index in [0.29, 0.717) is 18.8 Å². The van der Waals surface area contributed by atoms with Crippen molar-refractivity contribution in [2.75, 3.05) is 19.6 Å². The molecule has 0 amide bonds. The molecule has 17 heavy (non-hydrogen) atoms. The zero-order valence-electron chi connectivity index (χ0n) is 10.7. The van der Waals surface area contributed by atoms with Crippen LogP contribution in [-0.2, 0) is 0 Å². The summed E-state index contributed by atoms with van der Waals surface area (Å²) in [7, 11) is 0. The summed E-state index contributed by atoms with van der Waals surface area (Å²) < 4.78 is 26.6. The first-order chi connectivity index (χ1) is 7.95. The van der Waals surface area contributed by atoms with Gasteiger partial charge in [-0.15, -0.1) is 0 Å². The van der Waals surface area contributed by atoms with Crippen LogP contribution in [0.2, 0.25) is 0 Å². The number of halogens is 2. The molecule has 0 N–H and O–H groups in total. The van der Waals surface area contributed by atoms with Gasteiger partial charge < -0.3 is 0 Å². The largest absolute Gasteiger partial charge is 0.292 e. The van der Waals surface area contributed by atoms with Gasteiger partial charge in [0.15, 0.2) is 0 Å². The zero-order valence-corrected chi connectivity index (χ0v) is 10.7. The van der Waals surface area contributed by atoms with E-state index in [1.54, 1.807) is 0 Å². The molecule has 1 spiro atoms. The predicted molar refractivity (Wildman–Crippen MR) is 64.9 cm³/mol. The molecular formula is C14H21F2N. The lowest BCUT2D eigenvalue weighted by Crippen LogP contribution is -2.25. The van der Waals surface area contributed by atoms with Crippen molar-refractivity contribution in [3.63, 3.8) is 0 Å². The summed E-state index contributed by atoms with van der Waals surface area (Å²) in [6.45, 7) is 6.57. The predicted octanol–water partition coefficient (Wildman–Crippen LogP) is 3.16. The minimum absolute atomic E-state index is 0.117. The molecule has 0 aromatic heterocycles. The highest BCUT2D eigenvalue weighted by molar-refractivity contribution is 5.11. The summed E-state index contributed by atoms with van der Waals surface area (Å²) in [5.74, 6) is 4.27. The fourth-order valence-corrected chi connectivity index (χ4v) is 2.69. The lowest BCUT2D eigenvalue weighted by molar-refractivity contribution is 0.0577. The monoisotopic (exact) mass is 241 g/mol. The summed E-state index contributed by atoms with van der Waals surface area (Å²) >= 11 is 0. The van der Waals surface area contributed by atoms with E-state index in [0.717, 1.165) is 26.1 Å². The number of hydrogen-bond donors (Lipinski definition) is 0. The van der Waals surface area contributed by atoms with Crippen LogP contribution in [0.1, 0.15) is 39.5 Å². The number of rotatable bonds is 1. The Kier molecular flexibility index (Phi) is 3.45. The van der Waals surface area contributed by atoms with Crippen molar-refractivity contribution in [1.29, 1.82) is 0 Å². The lowest BCUT2D eigenvalue weighted by atomic mass is 9.97. The number of alkyl halides is 2. The van der Waals surface area contributed by atoms with Crippen molar-refractivity contribution in [3.05, 3.63) is 0 Å². The van der Waals surface area contributed by atoms with Crippen LogP contribution < -0.4 is 0 Å². The van der Waals surface area contributed by atoms with Crippen LogP contribution in [-0.4, -0.2) is 30.5 Å². The third-order valence-corrected chi connectivity index (χ3v) is 3.94. The van der Waals surface area contributed by atoms with E-state index in [9.17, 15) is 8.78 Å². The molecule has 0 radical (unpaired) electrons. The third kappa shape index (κ3) is 2.80. The minimum atomic E-state index is -2.38. The summed E-state index contributed by atoms with van der Waals surface area (Å²) in [5.41, 5.74) is -0.646. The van der Waals surface area contributed by atoms with E-state index in [1.165, 1.54) is 0 Å². The molecule has 1 saturated carbocycles. The first kappa shape index (κ1) is 12.8. The van der Waals surface area contributed by atoms with Crippen molar-refractivity contribution >= 4 is 0 Å². The smallest absolute Gasteiger partial charge is 0.254 e. The molecule has 1 aliphatic carbocycles. The van der Waals surface area contributed by atoms with E-state index in [-0.39, 0.29) is 6.42 Å². The SMILES string of the molecule is CC(C)C#CCN1CCCC2(CC1)CC2(F)F. The van der Waals surface area contributed by atoms with Gasteiger partial charge in [0.05, 0.1) is 6.54 Å². The highest BCUT2D eigenvalue weighted by Gasteiger charge is 2.69. The van der Waals surface area contributed by atoms with Crippen molar-refractivity contribution in [2.45, 2.75) is 45.5 Å². The molecule has 0 aromatic rings. The summed E-state index contributed by atoms with van der Waals surface area (Å²) in [5, 5.41) is 0. The third-order valence-electron chi connectivity index (χ3n) is 3.94. The van der Waals surface area contributed by atoms with Crippen molar-refractivity contribution in [3.8, 4) is 11.8 Å². The van der Waals surface area contributed by atoms with E-state index < -0.39 is 11.3 Å². The maximum atomic E-state index is 13.3. The molecule has 0 aromatic carbocycles. The average Bonchev–Trinajstić information content (AvgIpc) is 2.82. The molecule has 1 aliphatic heterocycles. The van der Waals surface area contributed by atoms with Crippen molar-refractivity contribution < 1.29 is 8.78 Å². The Bertz CT molecular complexity index is 340. The van der Waals surface area contributed by atoms with Crippen molar-refractivity contribution in [1.82, 2.24) is 4.90 Å². The van der Waals surface area contributed by atoms with Gasteiger partial charge in [0.1, 0.15) is 0 Å². The molecule has 1 saturated heterocycles. The molecule has 2 rings (SSSR count). The highest BCUT2D eigenvalue weighted by Crippen LogP contribution is 2.65. The van der Waals surface area contributed by atoms with Crippen molar-refractivity contribution in [2.24, 2.45) is 11.3 Å². The lowest BCUT2D eigenvalue weighted by Gasteiger charge is -2.17. The molecule has 2 aliphatic rings. The Hall–Kier alpha value is -0.620. The van der Waals surface area contributed by atoms with E-state index in [2.05, 4.69) is 30.6 Å². The molecule has 1 nitrogen and oxygen atoms in total.